The molecule has 0 aliphatic heterocycles. The molecule has 0 fully saturated rings. The molecule has 3 heteroatoms. The first-order chi connectivity index (χ1) is 8.65. The van der Waals surface area contributed by atoms with E-state index in [0.717, 1.165) is 13.0 Å². The molecule has 0 aliphatic rings. The highest BCUT2D eigenvalue weighted by atomic mass is 19.1. The van der Waals surface area contributed by atoms with Gasteiger partial charge in [0.2, 0.25) is 0 Å². The van der Waals surface area contributed by atoms with Crippen molar-refractivity contribution in [3.05, 3.63) is 35.6 Å². The summed E-state index contributed by atoms with van der Waals surface area (Å²) in [6.07, 6.45) is 4.74. The van der Waals surface area contributed by atoms with Crippen molar-refractivity contribution in [1.29, 1.82) is 0 Å². The number of ketones is 1. The Labute approximate surface area is 109 Å². The Bertz CT molecular complexity index is 361. The molecule has 0 amide bonds. The number of nitrogens with one attached hydrogen (secondary N) is 1. The van der Waals surface area contributed by atoms with Crippen LogP contribution >= 0.6 is 0 Å². The van der Waals surface area contributed by atoms with Gasteiger partial charge < -0.3 is 5.32 Å². The van der Waals surface area contributed by atoms with Crippen LogP contribution in [0, 0.1) is 5.82 Å². The van der Waals surface area contributed by atoms with Gasteiger partial charge in [-0.25, -0.2) is 4.39 Å². The van der Waals surface area contributed by atoms with Gasteiger partial charge in [0.25, 0.3) is 0 Å². The summed E-state index contributed by atoms with van der Waals surface area (Å²) >= 11 is 0. The Morgan fingerprint density at radius 1 is 1.22 bits per heavy atom. The van der Waals surface area contributed by atoms with Gasteiger partial charge in [-0.1, -0.05) is 26.2 Å². The Morgan fingerprint density at radius 3 is 2.50 bits per heavy atom. The number of hydrogen-bond acceptors (Lipinski definition) is 2. The lowest BCUT2D eigenvalue weighted by molar-refractivity contribution is 0.0951. The van der Waals surface area contributed by atoms with Crippen LogP contribution in [-0.4, -0.2) is 18.4 Å². The Morgan fingerprint density at radius 2 is 1.89 bits per heavy atom. The lowest BCUT2D eigenvalue weighted by Gasteiger charge is -2.12. The molecule has 0 bridgehead atoms. The molecule has 0 heterocycles. The maximum Gasteiger partial charge on any atom is 0.179 e. The summed E-state index contributed by atoms with van der Waals surface area (Å²) in [5.74, 6) is -0.294. The SMILES string of the molecule is CCCCCCNC(C)C(=O)c1ccc(F)cc1. The zero-order valence-corrected chi connectivity index (χ0v) is 11.2. The highest BCUT2D eigenvalue weighted by Crippen LogP contribution is 2.06. The van der Waals surface area contributed by atoms with E-state index in [1.165, 1.54) is 43.5 Å². The minimum absolute atomic E-state index is 0.0190. The molecule has 2 nitrogen and oxygen atoms in total. The molecule has 1 N–H and O–H groups in total. The maximum absolute atomic E-state index is 12.7. The fourth-order valence-corrected chi connectivity index (χ4v) is 1.83. The molecule has 1 unspecified atom stereocenters. The van der Waals surface area contributed by atoms with Gasteiger partial charge in [0, 0.05) is 5.56 Å². The van der Waals surface area contributed by atoms with E-state index in [2.05, 4.69) is 12.2 Å². The maximum atomic E-state index is 12.7. The van der Waals surface area contributed by atoms with Crippen molar-refractivity contribution in [1.82, 2.24) is 5.32 Å². The molecular weight excluding hydrogens is 229 g/mol. The van der Waals surface area contributed by atoms with Crippen molar-refractivity contribution in [3.8, 4) is 0 Å². The number of unbranched alkanes of at least 4 members (excludes halogenated alkanes) is 3. The zero-order valence-electron chi connectivity index (χ0n) is 11.2. The molecular formula is C15H22FNO. The number of hydrogen-bond donors (Lipinski definition) is 1. The average molecular weight is 251 g/mol. The highest BCUT2D eigenvalue weighted by Gasteiger charge is 2.13. The van der Waals surface area contributed by atoms with E-state index in [1.807, 2.05) is 6.92 Å². The van der Waals surface area contributed by atoms with Crippen molar-refractivity contribution in [3.63, 3.8) is 0 Å². The molecule has 0 saturated heterocycles. The minimum atomic E-state index is -0.313. The normalized spacial score (nSPS) is 12.4. The van der Waals surface area contributed by atoms with Crippen molar-refractivity contribution in [2.45, 2.75) is 45.6 Å². The molecule has 1 aromatic carbocycles. The zero-order chi connectivity index (χ0) is 13.4. The van der Waals surface area contributed by atoms with Gasteiger partial charge in [-0.2, -0.15) is 0 Å². The van der Waals surface area contributed by atoms with E-state index < -0.39 is 0 Å². The lowest BCUT2D eigenvalue weighted by Crippen LogP contribution is -2.34. The lowest BCUT2D eigenvalue weighted by atomic mass is 10.1. The summed E-state index contributed by atoms with van der Waals surface area (Å²) in [5, 5.41) is 3.21. The third-order valence-electron chi connectivity index (χ3n) is 3.00. The number of benzene rings is 1. The fourth-order valence-electron chi connectivity index (χ4n) is 1.83. The summed E-state index contributed by atoms with van der Waals surface area (Å²) in [6, 6.07) is 5.50. The van der Waals surface area contributed by atoms with Crippen LogP contribution < -0.4 is 5.32 Å². The molecule has 18 heavy (non-hydrogen) atoms. The molecule has 100 valence electrons. The van der Waals surface area contributed by atoms with E-state index in [9.17, 15) is 9.18 Å². The third-order valence-corrected chi connectivity index (χ3v) is 3.00. The smallest absolute Gasteiger partial charge is 0.179 e. The number of carbonyl (C=O) groups is 1. The van der Waals surface area contributed by atoms with Crippen LogP contribution in [0.3, 0.4) is 0 Å². The van der Waals surface area contributed by atoms with Gasteiger partial charge in [0.1, 0.15) is 5.82 Å². The second kappa shape index (κ2) is 7.98. The van der Waals surface area contributed by atoms with Crippen molar-refractivity contribution < 1.29 is 9.18 Å². The van der Waals surface area contributed by atoms with Gasteiger partial charge in [-0.3, -0.25) is 4.79 Å². The number of Topliss-reactive ketones (excluding diaryl/α,β-unsaturated/α-hetero) is 1. The van der Waals surface area contributed by atoms with Gasteiger partial charge in [0.15, 0.2) is 5.78 Å². The topological polar surface area (TPSA) is 29.1 Å². The molecule has 0 saturated carbocycles. The summed E-state index contributed by atoms with van der Waals surface area (Å²) in [4.78, 5) is 12.0. The Balaban J connectivity index is 2.34. The average Bonchev–Trinajstić information content (AvgIpc) is 2.38. The van der Waals surface area contributed by atoms with Crippen molar-refractivity contribution >= 4 is 5.78 Å². The monoisotopic (exact) mass is 251 g/mol. The molecule has 0 spiro atoms. The van der Waals surface area contributed by atoms with Crippen molar-refractivity contribution in [2.24, 2.45) is 0 Å². The van der Waals surface area contributed by atoms with Crippen LogP contribution in [0.15, 0.2) is 24.3 Å². The minimum Gasteiger partial charge on any atom is -0.307 e. The highest BCUT2D eigenvalue weighted by molar-refractivity contribution is 5.99. The number of rotatable bonds is 8. The first-order valence-electron chi connectivity index (χ1n) is 6.68. The number of carbonyl (C=O) groups excluding carboxylic acids is 1. The van der Waals surface area contributed by atoms with Crippen LogP contribution in [0.25, 0.3) is 0 Å². The molecule has 1 atom stereocenters. The summed E-state index contributed by atoms with van der Waals surface area (Å²) in [7, 11) is 0. The molecule has 1 rings (SSSR count). The number of halogens is 1. The second-order valence-electron chi connectivity index (χ2n) is 4.61. The molecule has 0 aromatic heterocycles. The molecule has 0 radical (unpaired) electrons. The second-order valence-corrected chi connectivity index (χ2v) is 4.61. The van der Waals surface area contributed by atoms with Gasteiger partial charge in [-0.15, -0.1) is 0 Å². The van der Waals surface area contributed by atoms with Crippen LogP contribution in [0.2, 0.25) is 0 Å². The third kappa shape index (κ3) is 4.96. The predicted molar refractivity (Wildman–Crippen MR) is 72.3 cm³/mol. The van der Waals surface area contributed by atoms with Gasteiger partial charge in [0.05, 0.1) is 6.04 Å². The van der Waals surface area contributed by atoms with Gasteiger partial charge >= 0.3 is 0 Å². The van der Waals surface area contributed by atoms with Crippen LogP contribution in [-0.2, 0) is 0 Å². The molecule has 1 aromatic rings. The van der Waals surface area contributed by atoms with Crippen LogP contribution in [0.5, 0.6) is 0 Å². The van der Waals surface area contributed by atoms with Crippen molar-refractivity contribution in [2.75, 3.05) is 6.54 Å². The quantitative estimate of drug-likeness (QED) is 0.565. The fraction of sp³-hybridized carbons (Fsp3) is 0.533. The first kappa shape index (κ1) is 14.8. The summed E-state index contributed by atoms with van der Waals surface area (Å²) in [6.45, 7) is 4.88. The van der Waals surface area contributed by atoms with Crippen LogP contribution in [0.1, 0.15) is 49.9 Å². The van der Waals surface area contributed by atoms with E-state index in [1.54, 1.807) is 0 Å². The van der Waals surface area contributed by atoms with E-state index >= 15 is 0 Å². The molecule has 0 aliphatic carbocycles. The van der Waals surface area contributed by atoms with Gasteiger partial charge in [-0.05, 0) is 44.2 Å². The Hall–Kier alpha value is -1.22. The predicted octanol–water partition coefficient (Wildman–Crippen LogP) is 3.57. The largest absolute Gasteiger partial charge is 0.307 e. The van der Waals surface area contributed by atoms with E-state index in [0.29, 0.717) is 5.56 Å². The summed E-state index contributed by atoms with van der Waals surface area (Å²) in [5.41, 5.74) is 0.560. The first-order valence-corrected chi connectivity index (χ1v) is 6.68. The Kier molecular flexibility index (Phi) is 6.58. The summed E-state index contributed by atoms with van der Waals surface area (Å²) < 4.78 is 12.7. The van der Waals surface area contributed by atoms with E-state index in [-0.39, 0.29) is 17.6 Å². The standard InChI is InChI=1S/C15H22FNO/c1-3-4-5-6-11-17-12(2)15(18)13-7-9-14(16)10-8-13/h7-10,12,17H,3-6,11H2,1-2H3. The van der Waals surface area contributed by atoms with E-state index in [4.69, 9.17) is 0 Å². The van der Waals surface area contributed by atoms with Crippen LogP contribution in [0.4, 0.5) is 4.39 Å².